The zero-order valence-electron chi connectivity index (χ0n) is 16.8. The summed E-state index contributed by atoms with van der Waals surface area (Å²) in [5.74, 6) is 1.39. The summed E-state index contributed by atoms with van der Waals surface area (Å²) in [6, 6.07) is 15.9. The lowest BCUT2D eigenvalue weighted by Gasteiger charge is -2.44. The van der Waals surface area contributed by atoms with Crippen LogP contribution in [0.4, 0.5) is 10.2 Å². The highest BCUT2D eigenvalue weighted by molar-refractivity contribution is 6.00. The van der Waals surface area contributed by atoms with Gasteiger partial charge in [-0.05, 0) is 55.5 Å². The largest absolute Gasteiger partial charge is 0.486 e. The van der Waals surface area contributed by atoms with Crippen LogP contribution >= 0.6 is 0 Å². The average Bonchev–Trinajstić information content (AvgIpc) is 2.76. The summed E-state index contributed by atoms with van der Waals surface area (Å²) >= 11 is 0. The number of anilines is 1. The number of Topliss-reactive ketones (excluding diaryl/α,β-unsaturated/α-hetero) is 1. The van der Waals surface area contributed by atoms with Gasteiger partial charge in [-0.2, -0.15) is 0 Å². The van der Waals surface area contributed by atoms with E-state index in [0.29, 0.717) is 23.4 Å². The highest BCUT2D eigenvalue weighted by Crippen LogP contribution is 2.40. The number of hydrogen-bond acceptors (Lipinski definition) is 5. The maximum atomic E-state index is 13.1. The Balaban J connectivity index is 1.29. The van der Waals surface area contributed by atoms with Crippen molar-refractivity contribution in [1.82, 2.24) is 10.2 Å². The van der Waals surface area contributed by atoms with E-state index in [-0.39, 0.29) is 11.6 Å². The Hall–Kier alpha value is -3.28. The molecule has 0 amide bonds. The minimum absolute atomic E-state index is 0.164. The highest BCUT2D eigenvalue weighted by Gasteiger charge is 2.43. The van der Waals surface area contributed by atoms with Gasteiger partial charge in [0.1, 0.15) is 17.2 Å². The molecule has 0 saturated carbocycles. The van der Waals surface area contributed by atoms with Gasteiger partial charge < -0.3 is 9.64 Å². The molecule has 0 N–H and O–H groups in total. The number of hydrogen-bond donors (Lipinski definition) is 0. The van der Waals surface area contributed by atoms with Crippen molar-refractivity contribution in [2.45, 2.75) is 31.8 Å². The second-order valence-electron chi connectivity index (χ2n) is 8.16. The number of benzene rings is 2. The molecular formula is C24H22FN3O2. The van der Waals surface area contributed by atoms with E-state index >= 15 is 0 Å². The molecule has 5 rings (SSSR count). The Morgan fingerprint density at radius 3 is 2.47 bits per heavy atom. The van der Waals surface area contributed by atoms with Crippen LogP contribution in [0.15, 0.2) is 54.6 Å². The third-order valence-corrected chi connectivity index (χ3v) is 6.03. The van der Waals surface area contributed by atoms with E-state index in [9.17, 15) is 9.18 Å². The summed E-state index contributed by atoms with van der Waals surface area (Å²) in [5, 5.41) is 8.68. The van der Waals surface area contributed by atoms with Crippen molar-refractivity contribution in [3.8, 4) is 17.0 Å². The monoisotopic (exact) mass is 403 g/mol. The van der Waals surface area contributed by atoms with Gasteiger partial charge in [-0.3, -0.25) is 4.79 Å². The molecule has 0 unspecified atom stereocenters. The molecule has 1 saturated heterocycles. The van der Waals surface area contributed by atoms with Crippen molar-refractivity contribution in [2.75, 3.05) is 18.0 Å². The van der Waals surface area contributed by atoms with Gasteiger partial charge in [0.2, 0.25) is 0 Å². The maximum Gasteiger partial charge on any atom is 0.170 e. The molecule has 2 aliphatic heterocycles. The van der Waals surface area contributed by atoms with Gasteiger partial charge in [0.05, 0.1) is 17.7 Å². The minimum atomic E-state index is -0.433. The normalized spacial score (nSPS) is 17.5. The van der Waals surface area contributed by atoms with Crippen LogP contribution in [0.3, 0.4) is 0 Å². The molecule has 0 bridgehead atoms. The molecule has 3 heterocycles. The Labute approximate surface area is 174 Å². The fourth-order valence-electron chi connectivity index (χ4n) is 4.30. The molecule has 0 aliphatic carbocycles. The van der Waals surface area contributed by atoms with Gasteiger partial charge in [-0.25, -0.2) is 4.39 Å². The number of ether oxygens (including phenoxy) is 1. The number of piperidine rings is 1. The molecule has 2 aliphatic rings. The zero-order valence-corrected chi connectivity index (χ0v) is 16.8. The molecule has 30 heavy (non-hydrogen) atoms. The first-order chi connectivity index (χ1) is 14.5. The lowest BCUT2D eigenvalue weighted by molar-refractivity contribution is 0.0231. The molecule has 5 nitrogen and oxygen atoms in total. The standard InChI is InChI=1S/C24H22FN3O2/c1-16-2-8-22-19(14-16)21(29)15-24(30-22)10-12-28(13-11-24)23-9-7-20(26-27-23)17-3-5-18(25)6-4-17/h2-9,14H,10-13,15H2,1H3. The Morgan fingerprint density at radius 1 is 1.00 bits per heavy atom. The van der Waals surface area contributed by atoms with Crippen molar-refractivity contribution >= 4 is 11.6 Å². The third-order valence-electron chi connectivity index (χ3n) is 6.03. The highest BCUT2D eigenvalue weighted by atomic mass is 19.1. The SMILES string of the molecule is Cc1ccc2c(c1)C(=O)CC1(CCN(c3ccc(-c4ccc(F)cc4)nn3)CC1)O2. The van der Waals surface area contributed by atoms with E-state index in [1.165, 1.54) is 12.1 Å². The predicted molar refractivity (Wildman–Crippen MR) is 112 cm³/mol. The second-order valence-corrected chi connectivity index (χ2v) is 8.16. The van der Waals surface area contributed by atoms with Crippen LogP contribution in [0.5, 0.6) is 5.75 Å². The summed E-state index contributed by atoms with van der Waals surface area (Å²) < 4.78 is 19.5. The first-order valence-corrected chi connectivity index (χ1v) is 10.2. The molecule has 1 aromatic heterocycles. The van der Waals surface area contributed by atoms with Gasteiger partial charge in [-0.1, -0.05) is 11.6 Å². The molecule has 0 radical (unpaired) electrons. The lowest BCUT2D eigenvalue weighted by atomic mass is 9.82. The van der Waals surface area contributed by atoms with E-state index in [0.717, 1.165) is 42.9 Å². The average molecular weight is 403 g/mol. The van der Waals surface area contributed by atoms with Crippen LogP contribution in [0, 0.1) is 12.7 Å². The first kappa shape index (κ1) is 18.7. The summed E-state index contributed by atoms with van der Waals surface area (Å²) in [6.07, 6.45) is 1.94. The van der Waals surface area contributed by atoms with Crippen molar-refractivity contribution in [2.24, 2.45) is 0 Å². The smallest absolute Gasteiger partial charge is 0.170 e. The number of aromatic nitrogens is 2. The molecule has 1 spiro atoms. The van der Waals surface area contributed by atoms with Crippen molar-refractivity contribution in [3.63, 3.8) is 0 Å². The van der Waals surface area contributed by atoms with E-state index in [2.05, 4.69) is 15.1 Å². The summed E-state index contributed by atoms with van der Waals surface area (Å²) in [5.41, 5.74) is 2.87. The molecule has 0 atom stereocenters. The maximum absolute atomic E-state index is 13.1. The quantitative estimate of drug-likeness (QED) is 0.626. The lowest BCUT2D eigenvalue weighted by Crippen LogP contribution is -2.51. The van der Waals surface area contributed by atoms with E-state index < -0.39 is 5.60 Å². The molecule has 2 aromatic carbocycles. The molecular weight excluding hydrogens is 381 g/mol. The fourth-order valence-corrected chi connectivity index (χ4v) is 4.30. The molecule has 1 fully saturated rings. The van der Waals surface area contributed by atoms with Crippen LogP contribution in [0.1, 0.15) is 35.2 Å². The Morgan fingerprint density at radius 2 is 1.77 bits per heavy atom. The van der Waals surface area contributed by atoms with Crippen LogP contribution in [0.2, 0.25) is 0 Å². The van der Waals surface area contributed by atoms with Crippen LogP contribution in [-0.4, -0.2) is 34.7 Å². The number of nitrogens with zero attached hydrogens (tertiary/aromatic N) is 3. The minimum Gasteiger partial charge on any atom is -0.486 e. The number of carbonyl (C=O) groups excluding carboxylic acids is 1. The second kappa shape index (κ2) is 7.20. The van der Waals surface area contributed by atoms with E-state index in [4.69, 9.17) is 4.74 Å². The van der Waals surface area contributed by atoms with E-state index in [1.807, 2.05) is 37.3 Å². The van der Waals surface area contributed by atoms with Crippen molar-refractivity contribution in [3.05, 3.63) is 71.5 Å². The Bertz CT molecular complexity index is 1090. The summed E-state index contributed by atoms with van der Waals surface area (Å²) in [7, 11) is 0. The van der Waals surface area contributed by atoms with Crippen LogP contribution < -0.4 is 9.64 Å². The third kappa shape index (κ3) is 3.43. The van der Waals surface area contributed by atoms with Gasteiger partial charge in [0, 0.05) is 31.5 Å². The predicted octanol–water partition coefficient (Wildman–Crippen LogP) is 4.60. The molecule has 152 valence electrons. The fraction of sp³-hybridized carbons (Fsp3) is 0.292. The van der Waals surface area contributed by atoms with Gasteiger partial charge in [-0.15, -0.1) is 10.2 Å². The van der Waals surface area contributed by atoms with Crippen molar-refractivity contribution in [1.29, 1.82) is 0 Å². The molecule has 6 heteroatoms. The first-order valence-electron chi connectivity index (χ1n) is 10.2. The summed E-state index contributed by atoms with van der Waals surface area (Å²) in [6.45, 7) is 3.48. The van der Waals surface area contributed by atoms with E-state index in [1.54, 1.807) is 12.1 Å². The Kier molecular flexibility index (Phi) is 4.50. The van der Waals surface area contributed by atoms with Gasteiger partial charge in [0.25, 0.3) is 0 Å². The number of fused-ring (bicyclic) bond motifs is 1. The number of carbonyl (C=O) groups is 1. The van der Waals surface area contributed by atoms with Crippen LogP contribution in [0.25, 0.3) is 11.3 Å². The zero-order chi connectivity index (χ0) is 20.7. The number of ketones is 1. The van der Waals surface area contributed by atoms with Crippen molar-refractivity contribution < 1.29 is 13.9 Å². The van der Waals surface area contributed by atoms with Gasteiger partial charge in [0.15, 0.2) is 11.6 Å². The summed E-state index contributed by atoms with van der Waals surface area (Å²) in [4.78, 5) is 14.9. The topological polar surface area (TPSA) is 55.3 Å². The number of halogens is 1. The van der Waals surface area contributed by atoms with Gasteiger partial charge >= 0.3 is 0 Å². The number of rotatable bonds is 2. The molecule has 3 aromatic rings. The number of aryl methyl sites for hydroxylation is 1. The van der Waals surface area contributed by atoms with Crippen LogP contribution in [-0.2, 0) is 0 Å².